The third-order valence-corrected chi connectivity index (χ3v) is 3.10. The van der Waals surface area contributed by atoms with Crippen molar-refractivity contribution in [3.63, 3.8) is 0 Å². The van der Waals surface area contributed by atoms with E-state index in [1.807, 2.05) is 6.92 Å². The molecule has 1 aromatic carbocycles. The van der Waals surface area contributed by atoms with Crippen molar-refractivity contribution in [3.05, 3.63) is 28.2 Å². The Morgan fingerprint density at radius 1 is 1.53 bits per heavy atom. The Morgan fingerprint density at radius 2 is 2.18 bits per heavy atom. The van der Waals surface area contributed by atoms with Crippen molar-refractivity contribution >= 4 is 52.0 Å². The van der Waals surface area contributed by atoms with Gasteiger partial charge in [0.2, 0.25) is 5.91 Å². The Kier molecular flexibility index (Phi) is 5.18. The third kappa shape index (κ3) is 3.84. The fourth-order valence-electron chi connectivity index (χ4n) is 1.33. The first-order valence-electron chi connectivity index (χ1n) is 5.01. The lowest BCUT2D eigenvalue weighted by Gasteiger charge is -2.14. The molecular formula is C11H12Cl2N2OS. The zero-order valence-corrected chi connectivity index (χ0v) is 11.5. The molecule has 0 fully saturated rings. The van der Waals surface area contributed by atoms with E-state index in [0.29, 0.717) is 22.2 Å². The molecule has 17 heavy (non-hydrogen) atoms. The lowest BCUT2D eigenvalue weighted by Crippen LogP contribution is -2.32. The van der Waals surface area contributed by atoms with Crippen molar-refractivity contribution in [2.24, 2.45) is 11.7 Å². The second-order valence-corrected chi connectivity index (χ2v) is 4.79. The second kappa shape index (κ2) is 6.19. The minimum Gasteiger partial charge on any atom is -0.393 e. The summed E-state index contributed by atoms with van der Waals surface area (Å²) in [4.78, 5) is 12.0. The number of anilines is 1. The van der Waals surface area contributed by atoms with E-state index in [0.717, 1.165) is 0 Å². The summed E-state index contributed by atoms with van der Waals surface area (Å²) in [5.74, 6) is -0.774. The van der Waals surface area contributed by atoms with E-state index in [1.165, 1.54) is 0 Å². The van der Waals surface area contributed by atoms with Crippen LogP contribution in [0.3, 0.4) is 0 Å². The predicted molar refractivity (Wildman–Crippen MR) is 75.7 cm³/mol. The number of benzene rings is 1. The molecule has 0 aliphatic carbocycles. The highest BCUT2D eigenvalue weighted by Gasteiger charge is 2.20. The Hall–Kier alpha value is -0.840. The van der Waals surface area contributed by atoms with Gasteiger partial charge < -0.3 is 11.1 Å². The quantitative estimate of drug-likeness (QED) is 0.837. The van der Waals surface area contributed by atoms with Gasteiger partial charge in [-0.15, -0.1) is 0 Å². The van der Waals surface area contributed by atoms with E-state index in [4.69, 9.17) is 41.2 Å². The largest absolute Gasteiger partial charge is 0.393 e. The van der Waals surface area contributed by atoms with Gasteiger partial charge in [0, 0.05) is 5.02 Å². The Labute approximate surface area is 115 Å². The van der Waals surface area contributed by atoms with Crippen LogP contribution < -0.4 is 11.1 Å². The number of amides is 1. The molecule has 0 aliphatic rings. The summed E-state index contributed by atoms with van der Waals surface area (Å²) in [6.45, 7) is 1.84. The molecule has 1 amide bonds. The lowest BCUT2D eigenvalue weighted by molar-refractivity contribution is -0.118. The maximum Gasteiger partial charge on any atom is 0.234 e. The highest BCUT2D eigenvalue weighted by molar-refractivity contribution is 7.80. The molecule has 0 saturated carbocycles. The third-order valence-electron chi connectivity index (χ3n) is 2.25. The Morgan fingerprint density at radius 3 is 2.71 bits per heavy atom. The van der Waals surface area contributed by atoms with Gasteiger partial charge in [0.25, 0.3) is 0 Å². The van der Waals surface area contributed by atoms with Gasteiger partial charge in [-0.3, -0.25) is 4.79 Å². The first-order chi connectivity index (χ1) is 7.95. The van der Waals surface area contributed by atoms with Crippen LogP contribution in [0.25, 0.3) is 0 Å². The van der Waals surface area contributed by atoms with Crippen LogP contribution >= 0.6 is 35.4 Å². The summed E-state index contributed by atoms with van der Waals surface area (Å²) in [6, 6.07) is 4.83. The number of hydrogen-bond donors (Lipinski definition) is 2. The summed E-state index contributed by atoms with van der Waals surface area (Å²) in [5, 5.41) is 3.57. The molecule has 0 aliphatic heterocycles. The molecule has 3 nitrogen and oxygen atoms in total. The number of nitrogens with one attached hydrogen (secondary N) is 1. The lowest BCUT2D eigenvalue weighted by atomic mass is 10.1. The highest BCUT2D eigenvalue weighted by atomic mass is 35.5. The number of carbonyl (C=O) groups is 1. The van der Waals surface area contributed by atoms with Crippen molar-refractivity contribution in [3.8, 4) is 0 Å². The zero-order valence-electron chi connectivity index (χ0n) is 9.17. The molecule has 1 unspecified atom stereocenters. The number of nitrogens with two attached hydrogens (primary N) is 1. The van der Waals surface area contributed by atoms with Crippen LogP contribution in [-0.2, 0) is 4.79 Å². The fraction of sp³-hybridized carbons (Fsp3) is 0.273. The first-order valence-corrected chi connectivity index (χ1v) is 6.17. The molecule has 0 bridgehead atoms. The minimum atomic E-state index is -0.500. The van der Waals surface area contributed by atoms with Crippen LogP contribution in [0.5, 0.6) is 0 Å². The molecule has 0 spiro atoms. The van der Waals surface area contributed by atoms with Gasteiger partial charge in [-0.25, -0.2) is 0 Å². The van der Waals surface area contributed by atoms with Crippen molar-refractivity contribution in [2.45, 2.75) is 13.3 Å². The molecular weight excluding hydrogens is 279 g/mol. The van der Waals surface area contributed by atoms with E-state index in [9.17, 15) is 4.79 Å². The molecule has 1 atom stereocenters. The van der Waals surface area contributed by atoms with Crippen LogP contribution in [-0.4, -0.2) is 10.9 Å². The smallest absolute Gasteiger partial charge is 0.234 e. The standard InChI is InChI=1S/C11H12Cl2N2OS/c1-2-7(10(14)17)11(16)15-9-5-6(12)3-4-8(9)13/h3-5,7H,2H2,1H3,(H2,14,17)(H,15,16). The summed E-state index contributed by atoms with van der Waals surface area (Å²) in [7, 11) is 0. The maximum atomic E-state index is 11.9. The fourth-order valence-corrected chi connectivity index (χ4v) is 1.94. The monoisotopic (exact) mass is 290 g/mol. The van der Waals surface area contributed by atoms with E-state index in [2.05, 4.69) is 5.32 Å². The summed E-state index contributed by atoms with van der Waals surface area (Å²) < 4.78 is 0. The summed E-state index contributed by atoms with van der Waals surface area (Å²) in [6.07, 6.45) is 0.541. The van der Waals surface area contributed by atoms with Gasteiger partial charge in [-0.2, -0.15) is 0 Å². The molecule has 0 aromatic heterocycles. The van der Waals surface area contributed by atoms with Crippen LogP contribution in [0.15, 0.2) is 18.2 Å². The topological polar surface area (TPSA) is 55.1 Å². The molecule has 1 aromatic rings. The van der Waals surface area contributed by atoms with E-state index in [-0.39, 0.29) is 10.9 Å². The number of thiocarbonyl (C=S) groups is 1. The second-order valence-electron chi connectivity index (χ2n) is 3.48. The van der Waals surface area contributed by atoms with Gasteiger partial charge in [-0.1, -0.05) is 42.3 Å². The average Bonchev–Trinajstić information content (AvgIpc) is 2.24. The molecule has 6 heteroatoms. The zero-order chi connectivity index (χ0) is 13.0. The van der Waals surface area contributed by atoms with Crippen LogP contribution in [0.4, 0.5) is 5.69 Å². The van der Waals surface area contributed by atoms with Gasteiger partial charge in [0.05, 0.1) is 21.6 Å². The van der Waals surface area contributed by atoms with Crippen molar-refractivity contribution in [1.82, 2.24) is 0 Å². The molecule has 92 valence electrons. The molecule has 1 rings (SSSR count). The van der Waals surface area contributed by atoms with Crippen molar-refractivity contribution in [2.75, 3.05) is 5.32 Å². The number of rotatable bonds is 4. The number of hydrogen-bond acceptors (Lipinski definition) is 2. The summed E-state index contributed by atoms with van der Waals surface area (Å²) >= 11 is 16.6. The number of halogens is 2. The van der Waals surface area contributed by atoms with Crippen LogP contribution in [0.1, 0.15) is 13.3 Å². The normalized spacial score (nSPS) is 11.9. The summed E-state index contributed by atoms with van der Waals surface area (Å²) in [5.41, 5.74) is 5.94. The SMILES string of the molecule is CCC(C(=O)Nc1cc(Cl)ccc1Cl)C(N)=S. The van der Waals surface area contributed by atoms with Crippen LogP contribution in [0, 0.1) is 5.92 Å². The molecule has 0 saturated heterocycles. The van der Waals surface area contributed by atoms with Gasteiger partial charge in [-0.05, 0) is 24.6 Å². The van der Waals surface area contributed by atoms with Gasteiger partial charge >= 0.3 is 0 Å². The van der Waals surface area contributed by atoms with Gasteiger partial charge in [0.1, 0.15) is 0 Å². The van der Waals surface area contributed by atoms with Crippen molar-refractivity contribution < 1.29 is 4.79 Å². The molecule has 0 radical (unpaired) electrons. The first kappa shape index (κ1) is 14.2. The van der Waals surface area contributed by atoms with Gasteiger partial charge in [0.15, 0.2) is 0 Å². The molecule has 3 N–H and O–H groups in total. The minimum absolute atomic E-state index is 0.170. The molecule has 0 heterocycles. The Balaban J connectivity index is 2.87. The Bertz CT molecular complexity index is 451. The van der Waals surface area contributed by atoms with E-state index < -0.39 is 5.92 Å². The average molecular weight is 291 g/mol. The van der Waals surface area contributed by atoms with Crippen molar-refractivity contribution in [1.29, 1.82) is 0 Å². The van der Waals surface area contributed by atoms with E-state index >= 15 is 0 Å². The predicted octanol–water partition coefficient (Wildman–Crippen LogP) is 3.24. The van der Waals surface area contributed by atoms with Crippen LogP contribution in [0.2, 0.25) is 10.0 Å². The maximum absolute atomic E-state index is 11.9. The highest BCUT2D eigenvalue weighted by Crippen LogP contribution is 2.26. The van der Waals surface area contributed by atoms with E-state index in [1.54, 1.807) is 18.2 Å². The number of carbonyl (C=O) groups excluding carboxylic acids is 1.